The number of hydrogen-bond acceptors (Lipinski definition) is 6. The van der Waals surface area contributed by atoms with Crippen LogP contribution in [0.25, 0.3) is 0 Å². The number of nitro benzene ring substituents is 1. The zero-order chi connectivity index (χ0) is 14.8. The lowest BCUT2D eigenvalue weighted by molar-refractivity contribution is -0.384. The van der Waals surface area contributed by atoms with Crippen LogP contribution in [0.1, 0.15) is 12.8 Å². The van der Waals surface area contributed by atoms with Crippen LogP contribution in [0, 0.1) is 10.1 Å². The third-order valence-electron chi connectivity index (χ3n) is 3.03. The van der Waals surface area contributed by atoms with E-state index in [1.807, 2.05) is 0 Å². The second kappa shape index (κ2) is 5.98. The van der Waals surface area contributed by atoms with Crippen molar-refractivity contribution in [3.05, 3.63) is 28.3 Å². The van der Waals surface area contributed by atoms with Crippen molar-refractivity contribution in [2.24, 2.45) is 0 Å². The van der Waals surface area contributed by atoms with E-state index in [-0.39, 0.29) is 15.8 Å². The Morgan fingerprint density at radius 2 is 2.25 bits per heavy atom. The second-order valence-electron chi connectivity index (χ2n) is 4.46. The van der Waals surface area contributed by atoms with Gasteiger partial charge in [0.2, 0.25) is 10.0 Å². The number of rotatable bonds is 5. The molecule has 0 spiro atoms. The van der Waals surface area contributed by atoms with Gasteiger partial charge in [-0.15, -0.1) is 0 Å². The maximum Gasteiger partial charge on any atom is 0.293 e. The minimum atomic E-state index is -3.74. The predicted molar refractivity (Wildman–Crippen MR) is 78.2 cm³/mol. The molecule has 0 aromatic heterocycles. The van der Waals surface area contributed by atoms with Gasteiger partial charge in [0.25, 0.3) is 5.69 Å². The first-order chi connectivity index (χ1) is 9.40. The molecule has 1 saturated heterocycles. The van der Waals surface area contributed by atoms with Gasteiger partial charge < -0.3 is 5.73 Å². The molecule has 2 rings (SSSR count). The molecule has 1 heterocycles. The Balaban J connectivity index is 2.16. The van der Waals surface area contributed by atoms with Gasteiger partial charge in [-0.05, 0) is 30.7 Å². The molecule has 9 heteroatoms. The first-order valence-electron chi connectivity index (χ1n) is 6.05. The average Bonchev–Trinajstić information content (AvgIpc) is 2.89. The van der Waals surface area contributed by atoms with E-state index in [9.17, 15) is 18.5 Å². The van der Waals surface area contributed by atoms with E-state index in [0.717, 1.165) is 24.7 Å². The van der Waals surface area contributed by atoms with Crippen LogP contribution >= 0.6 is 11.8 Å². The Hall–Kier alpha value is -1.32. The molecule has 3 N–H and O–H groups in total. The summed E-state index contributed by atoms with van der Waals surface area (Å²) in [5, 5.41) is 11.0. The average molecular weight is 317 g/mol. The molecule has 1 unspecified atom stereocenters. The maximum absolute atomic E-state index is 12.1. The standard InChI is InChI=1S/C11H15N3O4S2/c12-10-4-3-9(6-11(10)14(15)16)20(17,18)13-7-8-2-1-5-19-8/h3-4,6,8,13H,1-2,5,7,12H2. The molecular weight excluding hydrogens is 302 g/mol. The summed E-state index contributed by atoms with van der Waals surface area (Å²) in [7, 11) is -3.74. The number of sulfonamides is 1. The van der Waals surface area contributed by atoms with Crippen molar-refractivity contribution in [1.29, 1.82) is 0 Å². The van der Waals surface area contributed by atoms with E-state index in [2.05, 4.69) is 4.72 Å². The van der Waals surface area contributed by atoms with Crippen LogP contribution in [-0.2, 0) is 10.0 Å². The Morgan fingerprint density at radius 1 is 1.50 bits per heavy atom. The third kappa shape index (κ3) is 3.41. The van der Waals surface area contributed by atoms with Gasteiger partial charge in [0.05, 0.1) is 9.82 Å². The largest absolute Gasteiger partial charge is 0.393 e. The summed E-state index contributed by atoms with van der Waals surface area (Å²) in [5.41, 5.74) is 4.99. The molecule has 1 aromatic carbocycles. The van der Waals surface area contributed by atoms with Crippen molar-refractivity contribution in [2.75, 3.05) is 18.0 Å². The van der Waals surface area contributed by atoms with Crippen LogP contribution < -0.4 is 10.5 Å². The quantitative estimate of drug-likeness (QED) is 0.481. The topological polar surface area (TPSA) is 115 Å². The molecule has 1 aromatic rings. The maximum atomic E-state index is 12.1. The zero-order valence-electron chi connectivity index (χ0n) is 10.6. The lowest BCUT2D eigenvalue weighted by Crippen LogP contribution is -2.29. The number of nitrogens with zero attached hydrogens (tertiary/aromatic N) is 1. The fraction of sp³-hybridized carbons (Fsp3) is 0.455. The fourth-order valence-corrected chi connectivity index (χ4v) is 4.35. The molecule has 1 aliphatic rings. The third-order valence-corrected chi connectivity index (χ3v) is 5.85. The summed E-state index contributed by atoms with van der Waals surface area (Å²) in [4.78, 5) is 9.94. The van der Waals surface area contributed by atoms with Gasteiger partial charge in [-0.2, -0.15) is 11.8 Å². The molecule has 7 nitrogen and oxygen atoms in total. The summed E-state index contributed by atoms with van der Waals surface area (Å²) < 4.78 is 26.7. The Bertz CT molecular complexity index is 612. The number of thioether (sulfide) groups is 1. The van der Waals surface area contributed by atoms with Crippen LogP contribution in [0.15, 0.2) is 23.1 Å². The highest BCUT2D eigenvalue weighted by Crippen LogP contribution is 2.27. The van der Waals surface area contributed by atoms with E-state index in [1.54, 1.807) is 11.8 Å². The van der Waals surface area contributed by atoms with Gasteiger partial charge in [-0.25, -0.2) is 13.1 Å². The monoisotopic (exact) mass is 317 g/mol. The molecule has 110 valence electrons. The van der Waals surface area contributed by atoms with Crippen LogP contribution in [0.5, 0.6) is 0 Å². The minimum Gasteiger partial charge on any atom is -0.393 e. The number of nitro groups is 1. The summed E-state index contributed by atoms with van der Waals surface area (Å²) in [6.07, 6.45) is 2.07. The minimum absolute atomic E-state index is 0.0553. The Kier molecular flexibility index (Phi) is 4.51. The molecule has 0 aliphatic carbocycles. The lowest BCUT2D eigenvalue weighted by Gasteiger charge is -2.11. The Morgan fingerprint density at radius 3 is 2.85 bits per heavy atom. The van der Waals surface area contributed by atoms with E-state index in [4.69, 9.17) is 5.73 Å². The number of hydrogen-bond donors (Lipinski definition) is 2. The van der Waals surface area contributed by atoms with E-state index in [0.29, 0.717) is 6.54 Å². The van der Waals surface area contributed by atoms with Gasteiger partial charge >= 0.3 is 0 Å². The van der Waals surface area contributed by atoms with Crippen LogP contribution in [-0.4, -0.2) is 30.9 Å². The normalized spacial score (nSPS) is 19.1. The zero-order valence-corrected chi connectivity index (χ0v) is 12.2. The van der Waals surface area contributed by atoms with Gasteiger partial charge in [0.15, 0.2) is 0 Å². The summed E-state index contributed by atoms with van der Waals surface area (Å²) in [6, 6.07) is 3.49. The van der Waals surface area contributed by atoms with Gasteiger partial charge in [-0.3, -0.25) is 10.1 Å². The Labute approximate surface area is 121 Å². The molecule has 0 bridgehead atoms. The van der Waals surface area contributed by atoms with Gasteiger partial charge in [0.1, 0.15) is 5.69 Å². The number of anilines is 1. The number of benzene rings is 1. The van der Waals surface area contributed by atoms with Crippen molar-refractivity contribution in [3.8, 4) is 0 Å². The summed E-state index contributed by atoms with van der Waals surface area (Å²) in [6.45, 7) is 0.338. The number of nitrogens with one attached hydrogen (secondary N) is 1. The number of nitrogen functional groups attached to an aromatic ring is 1. The van der Waals surface area contributed by atoms with Crippen LogP contribution in [0.4, 0.5) is 11.4 Å². The highest BCUT2D eigenvalue weighted by molar-refractivity contribution is 8.00. The second-order valence-corrected chi connectivity index (χ2v) is 7.64. The molecule has 0 saturated carbocycles. The van der Waals surface area contributed by atoms with E-state index in [1.165, 1.54) is 12.1 Å². The molecular formula is C11H15N3O4S2. The SMILES string of the molecule is Nc1ccc(S(=O)(=O)NCC2CCCS2)cc1[N+](=O)[O-]. The molecule has 20 heavy (non-hydrogen) atoms. The predicted octanol–water partition coefficient (Wildman–Crippen LogP) is 1.35. The van der Waals surface area contributed by atoms with Gasteiger partial charge in [0, 0.05) is 17.9 Å². The van der Waals surface area contributed by atoms with Crippen LogP contribution in [0.3, 0.4) is 0 Å². The van der Waals surface area contributed by atoms with Gasteiger partial charge in [-0.1, -0.05) is 0 Å². The fourth-order valence-electron chi connectivity index (χ4n) is 1.94. The highest BCUT2D eigenvalue weighted by atomic mass is 32.2. The van der Waals surface area contributed by atoms with Crippen molar-refractivity contribution in [1.82, 2.24) is 4.72 Å². The highest BCUT2D eigenvalue weighted by Gasteiger charge is 2.22. The molecule has 1 aliphatic heterocycles. The van der Waals surface area contributed by atoms with Crippen LogP contribution in [0.2, 0.25) is 0 Å². The first kappa shape index (κ1) is 15.1. The molecule has 1 atom stereocenters. The van der Waals surface area contributed by atoms with E-state index >= 15 is 0 Å². The summed E-state index contributed by atoms with van der Waals surface area (Å²) >= 11 is 1.73. The number of nitrogens with two attached hydrogens (primary N) is 1. The van der Waals surface area contributed by atoms with E-state index < -0.39 is 20.6 Å². The first-order valence-corrected chi connectivity index (χ1v) is 8.58. The van der Waals surface area contributed by atoms with Crippen molar-refractivity contribution in [2.45, 2.75) is 23.0 Å². The molecule has 0 radical (unpaired) electrons. The molecule has 0 amide bonds. The molecule has 1 fully saturated rings. The van der Waals surface area contributed by atoms with Crippen molar-refractivity contribution in [3.63, 3.8) is 0 Å². The van der Waals surface area contributed by atoms with Crippen molar-refractivity contribution < 1.29 is 13.3 Å². The lowest BCUT2D eigenvalue weighted by atomic mass is 10.2. The van der Waals surface area contributed by atoms with Crippen molar-refractivity contribution >= 4 is 33.2 Å². The summed E-state index contributed by atoms with van der Waals surface area (Å²) in [5.74, 6) is 1.04. The smallest absolute Gasteiger partial charge is 0.293 e.